The van der Waals surface area contributed by atoms with Crippen molar-refractivity contribution in [2.24, 2.45) is 0 Å². The van der Waals surface area contributed by atoms with Gasteiger partial charge < -0.3 is 5.32 Å². The molecule has 0 atom stereocenters. The summed E-state index contributed by atoms with van der Waals surface area (Å²) in [5.41, 5.74) is 1.21. The van der Waals surface area contributed by atoms with Gasteiger partial charge in [0.15, 0.2) is 0 Å². The molecule has 0 radical (unpaired) electrons. The summed E-state index contributed by atoms with van der Waals surface area (Å²) < 4.78 is 0. The molecule has 0 unspecified atom stereocenters. The smallest absolute Gasteiger partial charge is 0.230 e. The van der Waals surface area contributed by atoms with Crippen LogP contribution < -0.4 is 5.32 Å². The molecule has 2 rings (SSSR count). The molecule has 0 fully saturated rings. The zero-order valence-electron chi connectivity index (χ0n) is 11.2. The van der Waals surface area contributed by atoms with Crippen molar-refractivity contribution in [3.8, 4) is 0 Å². The van der Waals surface area contributed by atoms with Crippen LogP contribution in [-0.2, 0) is 11.2 Å². The number of benzene rings is 1. The van der Waals surface area contributed by atoms with Gasteiger partial charge >= 0.3 is 0 Å². The first-order chi connectivity index (χ1) is 10.1. The quantitative estimate of drug-likeness (QED) is 0.641. The largest absolute Gasteiger partial charge is 0.355 e. The molecule has 0 spiro atoms. The minimum Gasteiger partial charge on any atom is -0.355 e. The standard InChI is InChI=1S/C15H14Cl2N2OS/c16-13-8-12(9-14(17)19-13)21-10-15(20)18-7-6-11-4-2-1-3-5-11/h1-5,8-9H,6-7,10H2,(H,18,20). The number of pyridine rings is 1. The van der Waals surface area contributed by atoms with E-state index >= 15 is 0 Å². The normalized spacial score (nSPS) is 10.4. The molecule has 0 aliphatic rings. The van der Waals surface area contributed by atoms with Crippen molar-refractivity contribution in [3.05, 3.63) is 58.3 Å². The Balaban J connectivity index is 1.72. The number of thioether (sulfide) groups is 1. The average Bonchev–Trinajstić information content (AvgIpc) is 2.45. The maximum absolute atomic E-state index is 11.8. The van der Waals surface area contributed by atoms with Crippen LogP contribution in [0.2, 0.25) is 10.3 Å². The summed E-state index contributed by atoms with van der Waals surface area (Å²) >= 11 is 13.0. The molecule has 110 valence electrons. The number of aromatic nitrogens is 1. The number of halogens is 2. The van der Waals surface area contributed by atoms with E-state index in [0.717, 1.165) is 11.3 Å². The SMILES string of the molecule is O=C(CSc1cc(Cl)nc(Cl)c1)NCCc1ccccc1. The molecular formula is C15H14Cl2N2OS. The van der Waals surface area contributed by atoms with Crippen molar-refractivity contribution < 1.29 is 4.79 Å². The van der Waals surface area contributed by atoms with Gasteiger partial charge in [0.1, 0.15) is 10.3 Å². The first kappa shape index (κ1) is 16.1. The second-order valence-electron chi connectivity index (χ2n) is 4.32. The molecule has 1 aromatic heterocycles. The Bertz CT molecular complexity index is 588. The van der Waals surface area contributed by atoms with Gasteiger partial charge in [-0.25, -0.2) is 4.98 Å². The molecule has 1 aromatic carbocycles. The van der Waals surface area contributed by atoms with Gasteiger partial charge in [0, 0.05) is 11.4 Å². The predicted molar refractivity (Wildman–Crippen MR) is 88.1 cm³/mol. The highest BCUT2D eigenvalue weighted by Gasteiger charge is 2.05. The maximum Gasteiger partial charge on any atom is 0.230 e. The minimum atomic E-state index is -0.0139. The first-order valence-corrected chi connectivity index (χ1v) is 8.14. The summed E-state index contributed by atoms with van der Waals surface area (Å²) in [6.07, 6.45) is 0.824. The molecule has 1 heterocycles. The van der Waals surface area contributed by atoms with Crippen LogP contribution in [0.1, 0.15) is 5.56 Å². The van der Waals surface area contributed by atoms with Crippen LogP contribution in [0.15, 0.2) is 47.4 Å². The molecule has 2 aromatic rings. The number of carbonyl (C=O) groups excluding carboxylic acids is 1. The third-order valence-corrected chi connectivity index (χ3v) is 4.05. The lowest BCUT2D eigenvalue weighted by Gasteiger charge is -2.06. The van der Waals surface area contributed by atoms with Gasteiger partial charge in [-0.3, -0.25) is 4.79 Å². The molecule has 6 heteroatoms. The highest BCUT2D eigenvalue weighted by atomic mass is 35.5. The fraction of sp³-hybridized carbons (Fsp3) is 0.200. The molecule has 3 nitrogen and oxygen atoms in total. The number of rotatable bonds is 6. The Morgan fingerprint density at radius 3 is 2.48 bits per heavy atom. The summed E-state index contributed by atoms with van der Waals surface area (Å²) in [4.78, 5) is 16.5. The molecule has 0 saturated heterocycles. The first-order valence-electron chi connectivity index (χ1n) is 6.40. The third kappa shape index (κ3) is 5.96. The number of hydrogen-bond donors (Lipinski definition) is 1. The van der Waals surface area contributed by atoms with Crippen molar-refractivity contribution in [1.29, 1.82) is 0 Å². The summed E-state index contributed by atoms with van der Waals surface area (Å²) in [6, 6.07) is 13.4. The predicted octanol–water partition coefficient (Wildman–Crippen LogP) is 3.84. The van der Waals surface area contributed by atoms with E-state index < -0.39 is 0 Å². The highest BCUT2D eigenvalue weighted by Crippen LogP contribution is 2.23. The van der Waals surface area contributed by atoms with Crippen LogP contribution >= 0.6 is 35.0 Å². The number of hydrogen-bond acceptors (Lipinski definition) is 3. The van der Waals surface area contributed by atoms with Gasteiger partial charge in [0.25, 0.3) is 0 Å². The highest BCUT2D eigenvalue weighted by molar-refractivity contribution is 8.00. The Morgan fingerprint density at radius 2 is 1.81 bits per heavy atom. The number of nitrogens with one attached hydrogen (secondary N) is 1. The van der Waals surface area contributed by atoms with Gasteiger partial charge in [-0.05, 0) is 24.1 Å². The molecule has 0 saturated carbocycles. The summed E-state index contributed by atoms with van der Waals surface area (Å²) in [6.45, 7) is 0.626. The van der Waals surface area contributed by atoms with Gasteiger partial charge in [0.2, 0.25) is 5.91 Å². The molecular weight excluding hydrogens is 327 g/mol. The fourth-order valence-electron chi connectivity index (χ4n) is 1.72. The van der Waals surface area contributed by atoms with Crippen molar-refractivity contribution in [3.63, 3.8) is 0 Å². The van der Waals surface area contributed by atoms with E-state index in [1.807, 2.05) is 30.3 Å². The summed E-state index contributed by atoms with van der Waals surface area (Å²) in [5.74, 6) is 0.311. The van der Waals surface area contributed by atoms with Gasteiger partial charge in [0.05, 0.1) is 5.75 Å². The Kier molecular flexibility index (Phi) is 6.36. The lowest BCUT2D eigenvalue weighted by atomic mass is 10.1. The van der Waals surface area contributed by atoms with Crippen LogP contribution in [0.3, 0.4) is 0 Å². The summed E-state index contributed by atoms with van der Waals surface area (Å²) in [5, 5.41) is 3.55. The van der Waals surface area contributed by atoms with E-state index in [1.165, 1.54) is 17.3 Å². The lowest BCUT2D eigenvalue weighted by Crippen LogP contribution is -2.27. The van der Waals surface area contributed by atoms with Crippen LogP contribution in [0, 0.1) is 0 Å². The van der Waals surface area contributed by atoms with E-state index in [-0.39, 0.29) is 5.91 Å². The molecule has 0 bridgehead atoms. The zero-order valence-corrected chi connectivity index (χ0v) is 13.5. The van der Waals surface area contributed by atoms with E-state index in [1.54, 1.807) is 12.1 Å². The van der Waals surface area contributed by atoms with Crippen LogP contribution in [0.25, 0.3) is 0 Å². The topological polar surface area (TPSA) is 42.0 Å². The van der Waals surface area contributed by atoms with Crippen LogP contribution in [0.4, 0.5) is 0 Å². The lowest BCUT2D eigenvalue weighted by molar-refractivity contribution is -0.118. The fourth-order valence-corrected chi connectivity index (χ4v) is 3.10. The summed E-state index contributed by atoms with van der Waals surface area (Å²) in [7, 11) is 0. The number of amides is 1. The van der Waals surface area contributed by atoms with E-state index in [4.69, 9.17) is 23.2 Å². The maximum atomic E-state index is 11.8. The minimum absolute atomic E-state index is 0.0139. The number of carbonyl (C=O) groups is 1. The third-order valence-electron chi connectivity index (χ3n) is 2.68. The monoisotopic (exact) mass is 340 g/mol. The molecule has 0 aliphatic heterocycles. The molecule has 1 amide bonds. The van der Waals surface area contributed by atoms with Crippen molar-refractivity contribution in [1.82, 2.24) is 10.3 Å². The second-order valence-corrected chi connectivity index (χ2v) is 6.15. The van der Waals surface area contributed by atoms with Crippen LogP contribution in [-0.4, -0.2) is 23.2 Å². The Morgan fingerprint density at radius 1 is 1.14 bits per heavy atom. The van der Waals surface area contributed by atoms with Crippen molar-refractivity contribution >= 4 is 40.9 Å². The Labute approximate surface area is 138 Å². The van der Waals surface area contributed by atoms with Crippen molar-refractivity contribution in [2.45, 2.75) is 11.3 Å². The average molecular weight is 341 g/mol. The molecule has 1 N–H and O–H groups in total. The van der Waals surface area contributed by atoms with E-state index in [9.17, 15) is 4.79 Å². The van der Waals surface area contributed by atoms with Gasteiger partial charge in [-0.1, -0.05) is 53.5 Å². The molecule has 0 aliphatic carbocycles. The van der Waals surface area contributed by atoms with E-state index in [0.29, 0.717) is 22.6 Å². The second kappa shape index (κ2) is 8.27. The van der Waals surface area contributed by atoms with Gasteiger partial charge in [-0.15, -0.1) is 11.8 Å². The van der Waals surface area contributed by atoms with Crippen molar-refractivity contribution in [2.75, 3.05) is 12.3 Å². The molecule has 21 heavy (non-hydrogen) atoms. The van der Waals surface area contributed by atoms with Crippen LogP contribution in [0.5, 0.6) is 0 Å². The Hall–Kier alpha value is -1.23. The number of nitrogens with zero attached hydrogens (tertiary/aromatic N) is 1. The zero-order chi connectivity index (χ0) is 15.1. The van der Waals surface area contributed by atoms with E-state index in [2.05, 4.69) is 10.3 Å². The van der Waals surface area contributed by atoms with Gasteiger partial charge in [-0.2, -0.15) is 0 Å².